The predicted molar refractivity (Wildman–Crippen MR) is 60.8 cm³/mol. The highest BCUT2D eigenvalue weighted by Gasteiger charge is 2.21. The monoisotopic (exact) mass is 216 g/mol. The molecule has 0 aromatic carbocycles. The fraction of sp³-hybridized carbons (Fsp3) is 0.909. The van der Waals surface area contributed by atoms with E-state index in [1.54, 1.807) is 11.8 Å². The van der Waals surface area contributed by atoms with Crippen LogP contribution in [0, 0.1) is 5.92 Å². The first-order valence-electron chi connectivity index (χ1n) is 5.46. The third-order valence-electron chi connectivity index (χ3n) is 2.70. The Bertz CT molecular complexity index is 176. The highest BCUT2D eigenvalue weighted by Crippen LogP contribution is 2.19. The average molecular weight is 216 g/mol. The van der Waals surface area contributed by atoms with Crippen LogP contribution in [0.15, 0.2) is 0 Å². The normalized spacial score (nSPS) is 24.6. The average Bonchev–Trinajstić information content (AvgIpc) is 2.26. The Hall–Kier alpha value is -0.0200. The van der Waals surface area contributed by atoms with Crippen molar-refractivity contribution in [2.24, 2.45) is 5.92 Å². The Morgan fingerprint density at radius 1 is 1.64 bits per heavy atom. The van der Waals surface area contributed by atoms with Crippen LogP contribution in [0.2, 0.25) is 0 Å². The molecule has 3 heteroatoms. The number of hydrogen-bond acceptors (Lipinski definition) is 3. The molecule has 2 unspecified atom stereocenters. The SMILES string of the molecule is CCC(C)SCC(=O)C1CCCOC1. The van der Waals surface area contributed by atoms with Gasteiger partial charge in [-0.05, 0) is 19.3 Å². The predicted octanol–water partition coefficient (Wildman–Crippen LogP) is 2.51. The van der Waals surface area contributed by atoms with Gasteiger partial charge in [0.25, 0.3) is 0 Å². The van der Waals surface area contributed by atoms with Crippen molar-refractivity contribution in [2.45, 2.75) is 38.4 Å². The summed E-state index contributed by atoms with van der Waals surface area (Å²) in [6, 6.07) is 0. The highest BCUT2D eigenvalue weighted by atomic mass is 32.2. The fourth-order valence-electron chi connectivity index (χ4n) is 1.45. The molecule has 82 valence electrons. The van der Waals surface area contributed by atoms with Crippen molar-refractivity contribution in [3.8, 4) is 0 Å². The lowest BCUT2D eigenvalue weighted by molar-refractivity contribution is -0.124. The van der Waals surface area contributed by atoms with Crippen LogP contribution in [0.1, 0.15) is 33.1 Å². The Morgan fingerprint density at radius 3 is 3.00 bits per heavy atom. The molecule has 2 atom stereocenters. The van der Waals surface area contributed by atoms with Crippen LogP contribution in [-0.2, 0) is 9.53 Å². The molecular formula is C11H20O2S. The summed E-state index contributed by atoms with van der Waals surface area (Å²) in [6.07, 6.45) is 3.21. The van der Waals surface area contributed by atoms with E-state index in [2.05, 4.69) is 13.8 Å². The zero-order chi connectivity index (χ0) is 10.4. The third-order valence-corrected chi connectivity index (χ3v) is 4.05. The van der Waals surface area contributed by atoms with Gasteiger partial charge in [0.2, 0.25) is 0 Å². The second-order valence-corrected chi connectivity index (χ2v) is 5.34. The summed E-state index contributed by atoms with van der Waals surface area (Å²) >= 11 is 1.77. The van der Waals surface area contributed by atoms with Crippen LogP contribution in [0.4, 0.5) is 0 Å². The van der Waals surface area contributed by atoms with Crippen LogP contribution in [0.3, 0.4) is 0 Å². The van der Waals surface area contributed by atoms with Gasteiger partial charge in [0.05, 0.1) is 12.4 Å². The minimum atomic E-state index is 0.181. The van der Waals surface area contributed by atoms with E-state index in [1.165, 1.54) is 0 Å². The maximum atomic E-state index is 11.7. The number of ketones is 1. The minimum absolute atomic E-state index is 0.181. The Kier molecular flexibility index (Phi) is 5.56. The topological polar surface area (TPSA) is 26.3 Å². The maximum absolute atomic E-state index is 11.7. The molecule has 0 amide bonds. The quantitative estimate of drug-likeness (QED) is 0.706. The molecule has 0 aromatic rings. The van der Waals surface area contributed by atoms with Crippen LogP contribution >= 0.6 is 11.8 Å². The standard InChI is InChI=1S/C11H20O2S/c1-3-9(2)14-8-11(12)10-5-4-6-13-7-10/h9-10H,3-8H2,1-2H3. The molecule has 2 nitrogen and oxygen atoms in total. The molecule has 1 saturated heterocycles. The first kappa shape index (κ1) is 12.1. The number of carbonyl (C=O) groups is 1. The number of carbonyl (C=O) groups excluding carboxylic acids is 1. The summed E-state index contributed by atoms with van der Waals surface area (Å²) < 4.78 is 5.31. The summed E-state index contributed by atoms with van der Waals surface area (Å²) in [7, 11) is 0. The maximum Gasteiger partial charge on any atom is 0.148 e. The summed E-state index contributed by atoms with van der Waals surface area (Å²) in [6.45, 7) is 5.82. The number of thioether (sulfide) groups is 1. The van der Waals surface area contributed by atoms with E-state index >= 15 is 0 Å². The van der Waals surface area contributed by atoms with Gasteiger partial charge in [-0.3, -0.25) is 4.79 Å². The van der Waals surface area contributed by atoms with Crippen molar-refractivity contribution in [3.63, 3.8) is 0 Å². The van der Waals surface area contributed by atoms with Gasteiger partial charge in [-0.15, -0.1) is 0 Å². The summed E-state index contributed by atoms with van der Waals surface area (Å²) in [5.41, 5.74) is 0. The van der Waals surface area contributed by atoms with Crippen molar-refractivity contribution >= 4 is 17.5 Å². The minimum Gasteiger partial charge on any atom is -0.381 e. The van der Waals surface area contributed by atoms with E-state index in [-0.39, 0.29) is 5.92 Å². The van der Waals surface area contributed by atoms with Crippen molar-refractivity contribution in [3.05, 3.63) is 0 Å². The van der Waals surface area contributed by atoms with Gasteiger partial charge >= 0.3 is 0 Å². The van der Waals surface area contributed by atoms with Crippen LogP contribution in [0.25, 0.3) is 0 Å². The first-order chi connectivity index (χ1) is 6.74. The van der Waals surface area contributed by atoms with E-state index < -0.39 is 0 Å². The Morgan fingerprint density at radius 2 is 2.43 bits per heavy atom. The summed E-state index contributed by atoms with van der Waals surface area (Å²) in [5.74, 6) is 1.23. The molecule has 0 spiro atoms. The van der Waals surface area contributed by atoms with Crippen molar-refractivity contribution in [1.29, 1.82) is 0 Å². The molecule has 1 aliphatic heterocycles. The van der Waals surface area contributed by atoms with Crippen LogP contribution in [-0.4, -0.2) is 30.0 Å². The van der Waals surface area contributed by atoms with Gasteiger partial charge in [-0.25, -0.2) is 0 Å². The van der Waals surface area contributed by atoms with Crippen molar-refractivity contribution < 1.29 is 9.53 Å². The number of hydrogen-bond donors (Lipinski definition) is 0. The van der Waals surface area contributed by atoms with Gasteiger partial charge < -0.3 is 4.74 Å². The number of rotatable bonds is 5. The molecule has 1 aliphatic rings. The largest absolute Gasteiger partial charge is 0.381 e. The van der Waals surface area contributed by atoms with Gasteiger partial charge in [0.1, 0.15) is 5.78 Å². The van der Waals surface area contributed by atoms with E-state index in [0.717, 1.165) is 25.9 Å². The smallest absolute Gasteiger partial charge is 0.148 e. The molecule has 0 radical (unpaired) electrons. The number of Topliss-reactive ketones (excluding diaryl/α,β-unsaturated/α-hetero) is 1. The van der Waals surface area contributed by atoms with Crippen LogP contribution < -0.4 is 0 Å². The second kappa shape index (κ2) is 6.46. The van der Waals surface area contributed by atoms with E-state index in [0.29, 0.717) is 23.4 Å². The molecule has 0 N–H and O–H groups in total. The highest BCUT2D eigenvalue weighted by molar-refractivity contribution is 8.00. The van der Waals surface area contributed by atoms with E-state index in [4.69, 9.17) is 4.74 Å². The van der Waals surface area contributed by atoms with Gasteiger partial charge in [-0.1, -0.05) is 13.8 Å². The number of ether oxygens (including phenoxy) is 1. The van der Waals surface area contributed by atoms with Crippen molar-refractivity contribution in [2.75, 3.05) is 19.0 Å². The molecule has 14 heavy (non-hydrogen) atoms. The molecular weight excluding hydrogens is 196 g/mol. The molecule has 0 aliphatic carbocycles. The molecule has 1 heterocycles. The lowest BCUT2D eigenvalue weighted by Gasteiger charge is -2.21. The lowest BCUT2D eigenvalue weighted by atomic mass is 9.99. The van der Waals surface area contributed by atoms with Gasteiger partial charge in [0, 0.05) is 17.8 Å². The lowest BCUT2D eigenvalue weighted by Crippen LogP contribution is -2.26. The zero-order valence-corrected chi connectivity index (χ0v) is 9.94. The second-order valence-electron chi connectivity index (χ2n) is 3.91. The van der Waals surface area contributed by atoms with Gasteiger partial charge in [-0.2, -0.15) is 11.8 Å². The summed E-state index contributed by atoms with van der Waals surface area (Å²) in [5, 5.41) is 0.600. The van der Waals surface area contributed by atoms with Gasteiger partial charge in [0.15, 0.2) is 0 Å². The molecule has 0 aromatic heterocycles. The molecule has 1 rings (SSSR count). The summed E-state index contributed by atoms with van der Waals surface area (Å²) in [4.78, 5) is 11.7. The van der Waals surface area contributed by atoms with Crippen molar-refractivity contribution in [1.82, 2.24) is 0 Å². The first-order valence-corrected chi connectivity index (χ1v) is 6.51. The molecule has 1 fully saturated rings. The Labute approximate surface area is 90.8 Å². The van der Waals surface area contributed by atoms with Crippen LogP contribution in [0.5, 0.6) is 0 Å². The van der Waals surface area contributed by atoms with E-state index in [1.807, 2.05) is 0 Å². The Balaban J connectivity index is 2.19. The molecule has 0 bridgehead atoms. The van der Waals surface area contributed by atoms with E-state index in [9.17, 15) is 4.79 Å². The fourth-order valence-corrected chi connectivity index (χ4v) is 2.37. The zero-order valence-electron chi connectivity index (χ0n) is 9.12. The third kappa shape index (κ3) is 4.01. The molecule has 0 saturated carbocycles.